The average molecular weight is 297 g/mol. The van der Waals surface area contributed by atoms with Crippen molar-refractivity contribution >= 4 is 93.7 Å². The molecule has 0 atom stereocenters. The zero-order valence-electron chi connectivity index (χ0n) is 2.28. The third kappa shape index (κ3) is 36.1. The van der Waals surface area contributed by atoms with Crippen LogP contribution >= 0.6 is 7.91 Å². The predicted molar refractivity (Wildman–Crippen MR) is 25.9 cm³/mol. The summed E-state index contributed by atoms with van der Waals surface area (Å²) in [5.41, 5.74) is 0. The molecule has 7 heavy (non-hydrogen) atoms. The van der Waals surface area contributed by atoms with E-state index >= 15 is 0 Å². The van der Waals surface area contributed by atoms with E-state index in [0.29, 0.717) is 0 Å². The predicted octanol–water partition coefficient (Wildman–Crippen LogP) is -0.996. The normalized spacial score (nSPS) is 1.00. The molecule has 0 rings (SSSR count). The molecule has 0 heterocycles. The molecule has 0 aromatic rings. The van der Waals surface area contributed by atoms with Gasteiger partial charge in [0.15, 0.2) is 0 Å². The van der Waals surface area contributed by atoms with Gasteiger partial charge in [-0.2, -0.15) is 0 Å². The molecule has 0 aromatic carbocycles. The van der Waals surface area contributed by atoms with Gasteiger partial charge in [-0.3, -0.25) is 0 Å². The molecule has 0 unspecified atom stereocenters. The Hall–Kier alpha value is 4.85. The standard InChI is InChI=1S/ClH.3Cu.3Na.2H/h1H;;;;;;;;/q;;;;;;+1;;/p-1. The maximum atomic E-state index is 4.78. The van der Waals surface area contributed by atoms with E-state index in [1.165, 1.54) is 0 Å². The zero-order chi connectivity index (χ0) is 2.00. The van der Waals surface area contributed by atoms with Crippen molar-refractivity contribution in [2.24, 2.45) is 0 Å². The molecule has 0 aliphatic carbocycles. The fraction of sp³-hybridized carbons (Fsp3) is 0. The summed E-state index contributed by atoms with van der Waals surface area (Å²) in [4.78, 5) is 0. The van der Waals surface area contributed by atoms with Gasteiger partial charge in [0, 0.05) is 51.2 Å². The van der Waals surface area contributed by atoms with Crippen LogP contribution in [0.3, 0.4) is 0 Å². The second kappa shape index (κ2) is 44.8. The molecule has 0 N–H and O–H groups in total. The first-order valence-electron chi connectivity index (χ1n) is 0.378. The summed E-state index contributed by atoms with van der Waals surface area (Å²) >= 11 is 0.778. The summed E-state index contributed by atoms with van der Waals surface area (Å²) < 4.78 is 0. The van der Waals surface area contributed by atoms with Crippen molar-refractivity contribution < 1.29 is 51.2 Å². The van der Waals surface area contributed by atoms with Crippen LogP contribution in [-0.2, 0) is 51.2 Å². The molecule has 0 saturated carbocycles. The van der Waals surface area contributed by atoms with Gasteiger partial charge in [-0.05, 0) is 0 Å². The van der Waals surface area contributed by atoms with Gasteiger partial charge >= 0.3 is 93.7 Å². The molecule has 0 aliphatic rings. The van der Waals surface area contributed by atoms with Crippen LogP contribution in [0.5, 0.6) is 0 Å². The first-order chi connectivity index (χ1) is 1.00. The van der Waals surface area contributed by atoms with E-state index < -0.39 is 0 Å². The average Bonchev–Trinajstić information content (AvgIpc) is 1.00. The summed E-state index contributed by atoms with van der Waals surface area (Å²) in [7, 11) is 4.78. The molecular formula is H2ClCu3Na3. The van der Waals surface area contributed by atoms with Crippen LogP contribution in [0.15, 0.2) is 0 Å². The second-order valence-corrected chi connectivity index (χ2v) is 0. The molecule has 7 heteroatoms. The Balaban J connectivity index is -0.000000000500. The fourth-order valence-corrected chi connectivity index (χ4v) is 0. The molecule has 45 valence electrons. The van der Waals surface area contributed by atoms with E-state index in [9.17, 15) is 0 Å². The van der Waals surface area contributed by atoms with Crippen molar-refractivity contribution in [1.29, 1.82) is 0 Å². The van der Waals surface area contributed by atoms with Crippen molar-refractivity contribution in [2.45, 2.75) is 0 Å². The summed E-state index contributed by atoms with van der Waals surface area (Å²) in [5.74, 6) is 0. The van der Waals surface area contributed by atoms with Gasteiger partial charge in [-0.25, -0.2) is 0 Å². The Morgan fingerprint density at radius 2 is 0.714 bits per heavy atom. The summed E-state index contributed by atoms with van der Waals surface area (Å²) in [5, 5.41) is 0. The van der Waals surface area contributed by atoms with Crippen LogP contribution in [0.1, 0.15) is 0 Å². The zero-order valence-corrected chi connectivity index (χ0v) is 7.86. The van der Waals surface area contributed by atoms with Crippen LogP contribution in [0.2, 0.25) is 0 Å². The van der Waals surface area contributed by atoms with Crippen LogP contribution in [-0.4, -0.2) is 85.8 Å². The third-order valence-corrected chi connectivity index (χ3v) is 0. The van der Waals surface area contributed by atoms with Crippen LogP contribution in [0.4, 0.5) is 0 Å². The molecule has 0 spiro atoms. The van der Waals surface area contributed by atoms with E-state index in [0.717, 1.165) is 26.6 Å². The number of halogens is 1. The topological polar surface area (TPSA) is 0 Å². The molecule has 3 radical (unpaired) electrons. The fourth-order valence-electron chi connectivity index (χ4n) is 0. The molecule has 0 nitrogen and oxygen atoms in total. The molecule has 0 fully saturated rings. The molecule has 0 aromatic heterocycles. The van der Waals surface area contributed by atoms with Crippen molar-refractivity contribution in [3.8, 4) is 0 Å². The number of rotatable bonds is 0. The first kappa shape index (κ1) is 40.8. The van der Waals surface area contributed by atoms with E-state index in [-0.39, 0.29) is 110 Å². The summed E-state index contributed by atoms with van der Waals surface area (Å²) in [6, 6.07) is 0. The van der Waals surface area contributed by atoms with Crippen LogP contribution in [0.25, 0.3) is 0 Å². The molecule has 0 saturated heterocycles. The van der Waals surface area contributed by atoms with Gasteiger partial charge in [-0.1, -0.05) is 0 Å². The van der Waals surface area contributed by atoms with Gasteiger partial charge in [-0.15, -0.1) is 0 Å². The number of hydrogen-bond donors (Lipinski definition) is 0. The Labute approximate surface area is 141 Å². The molecule has 0 aliphatic heterocycles. The Kier molecular flexibility index (Phi) is 261. The van der Waals surface area contributed by atoms with Gasteiger partial charge in [0.25, 0.3) is 0 Å². The quantitative estimate of drug-likeness (QED) is 0.504. The second-order valence-electron chi connectivity index (χ2n) is 0. The Morgan fingerprint density at radius 1 is 0.714 bits per heavy atom. The Morgan fingerprint density at radius 3 is 0.714 bits per heavy atom. The van der Waals surface area contributed by atoms with Crippen molar-refractivity contribution in [3.05, 3.63) is 0 Å². The first-order valence-corrected chi connectivity index (χ1v) is 3.40. The molecular weight excluding hydrogens is 295 g/mol. The van der Waals surface area contributed by atoms with Crippen LogP contribution < -0.4 is 0 Å². The van der Waals surface area contributed by atoms with Crippen molar-refractivity contribution in [1.82, 2.24) is 0 Å². The van der Waals surface area contributed by atoms with E-state index in [2.05, 4.69) is 0 Å². The molecule has 0 bridgehead atoms. The monoisotopic (exact) mass is 295 g/mol. The van der Waals surface area contributed by atoms with Gasteiger partial charge in [0.2, 0.25) is 0 Å². The Bertz CT molecular complexity index is 10.1. The van der Waals surface area contributed by atoms with Gasteiger partial charge in [0.05, 0.1) is 0 Å². The SMILES string of the molecule is [Cu].[Cu].[Cu].[NaH].[NaH].[Na][Cl]. The van der Waals surface area contributed by atoms with Crippen molar-refractivity contribution in [2.75, 3.05) is 0 Å². The third-order valence-electron chi connectivity index (χ3n) is 0. The van der Waals surface area contributed by atoms with E-state index in [1.54, 1.807) is 0 Å². The van der Waals surface area contributed by atoms with E-state index in [4.69, 9.17) is 7.91 Å². The summed E-state index contributed by atoms with van der Waals surface area (Å²) in [6.45, 7) is 0. The minimum atomic E-state index is 0. The summed E-state index contributed by atoms with van der Waals surface area (Å²) in [6.07, 6.45) is 0. The van der Waals surface area contributed by atoms with E-state index in [1.807, 2.05) is 0 Å². The molecule has 0 amide bonds. The van der Waals surface area contributed by atoms with Gasteiger partial charge in [0.1, 0.15) is 0 Å². The van der Waals surface area contributed by atoms with Crippen LogP contribution in [0, 0.1) is 0 Å². The van der Waals surface area contributed by atoms with Crippen molar-refractivity contribution in [3.63, 3.8) is 0 Å². The number of hydrogen-bond acceptors (Lipinski definition) is 0. The van der Waals surface area contributed by atoms with Gasteiger partial charge < -0.3 is 0 Å². The minimum absolute atomic E-state index is 0. The maximum absolute atomic E-state index is 4.78.